The van der Waals surface area contributed by atoms with Crippen molar-refractivity contribution in [3.8, 4) is 0 Å². The predicted octanol–water partition coefficient (Wildman–Crippen LogP) is 1.65. The minimum atomic E-state index is 0.816. The van der Waals surface area contributed by atoms with Crippen LogP contribution in [0.25, 0.3) is 0 Å². The molecule has 3 unspecified atom stereocenters. The number of hydrogen-bond donors (Lipinski definition) is 1. The Morgan fingerprint density at radius 3 is 3.21 bits per heavy atom. The van der Waals surface area contributed by atoms with Crippen LogP contribution >= 0.6 is 0 Å². The summed E-state index contributed by atoms with van der Waals surface area (Å²) < 4.78 is 0. The number of benzene rings is 1. The second-order valence-electron chi connectivity index (χ2n) is 4.97. The van der Waals surface area contributed by atoms with E-state index in [1.165, 1.54) is 30.6 Å². The van der Waals surface area contributed by atoms with E-state index in [0.29, 0.717) is 0 Å². The highest BCUT2D eigenvalue weighted by Gasteiger charge is 2.54. The lowest BCUT2D eigenvalue weighted by atomic mass is 10.1. The third-order valence-corrected chi connectivity index (χ3v) is 4.15. The van der Waals surface area contributed by atoms with Crippen molar-refractivity contribution in [1.82, 2.24) is 0 Å². The lowest BCUT2D eigenvalue weighted by Crippen LogP contribution is -2.28. The van der Waals surface area contributed by atoms with Crippen LogP contribution in [-0.4, -0.2) is 12.6 Å². The smallest absolute Gasteiger partial charge is 0.0423 e. The molecule has 0 bridgehead atoms. The first kappa shape index (κ1) is 7.16. The average Bonchev–Trinajstić information content (AvgIpc) is 2.72. The summed E-state index contributed by atoms with van der Waals surface area (Å²) in [7, 11) is 0. The molecule has 1 aliphatic carbocycles. The number of nitrogens with zero attached hydrogens (tertiary/aromatic N) is 1. The van der Waals surface area contributed by atoms with Gasteiger partial charge in [-0.15, -0.1) is 0 Å². The summed E-state index contributed by atoms with van der Waals surface area (Å²) in [4.78, 5) is 2.59. The van der Waals surface area contributed by atoms with Crippen LogP contribution in [0.2, 0.25) is 0 Å². The first-order chi connectivity index (χ1) is 6.83. The number of rotatable bonds is 0. The SMILES string of the molecule is Nc1ccc2c(c1)N1CC3CC3C1C2. The van der Waals surface area contributed by atoms with Crippen molar-refractivity contribution >= 4 is 11.4 Å². The monoisotopic (exact) mass is 186 g/mol. The van der Waals surface area contributed by atoms with E-state index in [9.17, 15) is 0 Å². The lowest BCUT2D eigenvalue weighted by molar-refractivity contribution is 0.627. The van der Waals surface area contributed by atoms with Gasteiger partial charge in [-0.25, -0.2) is 0 Å². The minimum Gasteiger partial charge on any atom is -0.399 e. The summed E-state index contributed by atoms with van der Waals surface area (Å²) in [6.07, 6.45) is 2.74. The van der Waals surface area contributed by atoms with Crippen LogP contribution in [0.5, 0.6) is 0 Å². The summed E-state index contributed by atoms with van der Waals surface area (Å²) in [5.74, 6) is 2.01. The second kappa shape index (κ2) is 2.08. The number of nitrogen functional groups attached to an aromatic ring is 1. The zero-order valence-electron chi connectivity index (χ0n) is 8.11. The van der Waals surface area contributed by atoms with Crippen molar-refractivity contribution < 1.29 is 0 Å². The zero-order valence-corrected chi connectivity index (χ0v) is 8.11. The van der Waals surface area contributed by atoms with E-state index in [-0.39, 0.29) is 0 Å². The maximum absolute atomic E-state index is 5.83. The zero-order chi connectivity index (χ0) is 9.28. The van der Waals surface area contributed by atoms with Crippen molar-refractivity contribution in [1.29, 1.82) is 0 Å². The van der Waals surface area contributed by atoms with E-state index >= 15 is 0 Å². The average molecular weight is 186 g/mol. The van der Waals surface area contributed by atoms with Crippen LogP contribution < -0.4 is 10.6 Å². The molecule has 14 heavy (non-hydrogen) atoms. The molecular formula is C12H14N2. The van der Waals surface area contributed by atoms with Gasteiger partial charge in [0.05, 0.1) is 0 Å². The normalized spacial score (nSPS) is 36.6. The Labute approximate surface area is 83.7 Å². The fraction of sp³-hybridized carbons (Fsp3) is 0.500. The van der Waals surface area contributed by atoms with Crippen molar-refractivity contribution in [3.05, 3.63) is 23.8 Å². The molecule has 1 saturated heterocycles. The van der Waals surface area contributed by atoms with Gasteiger partial charge in [-0.1, -0.05) is 6.07 Å². The van der Waals surface area contributed by atoms with Gasteiger partial charge >= 0.3 is 0 Å². The van der Waals surface area contributed by atoms with Crippen LogP contribution in [0.4, 0.5) is 11.4 Å². The molecule has 0 radical (unpaired) electrons. The third kappa shape index (κ3) is 0.729. The highest BCUT2D eigenvalue weighted by Crippen LogP contribution is 2.55. The van der Waals surface area contributed by atoms with Gasteiger partial charge in [0.1, 0.15) is 0 Å². The second-order valence-corrected chi connectivity index (χ2v) is 4.97. The molecule has 0 spiro atoms. The Hall–Kier alpha value is -1.18. The largest absolute Gasteiger partial charge is 0.399 e. The van der Waals surface area contributed by atoms with Crippen LogP contribution in [0.15, 0.2) is 18.2 Å². The molecule has 2 nitrogen and oxygen atoms in total. The van der Waals surface area contributed by atoms with E-state index < -0.39 is 0 Å². The molecule has 2 fully saturated rings. The summed E-state index contributed by atoms with van der Waals surface area (Å²) >= 11 is 0. The van der Waals surface area contributed by atoms with Gasteiger partial charge in [0.2, 0.25) is 0 Å². The number of fused-ring (bicyclic) bond motifs is 5. The Kier molecular flexibility index (Phi) is 1.06. The fourth-order valence-electron chi connectivity index (χ4n) is 3.36. The molecule has 3 aliphatic rings. The number of hydrogen-bond acceptors (Lipinski definition) is 2. The first-order valence-electron chi connectivity index (χ1n) is 5.48. The van der Waals surface area contributed by atoms with Gasteiger partial charge in [0.25, 0.3) is 0 Å². The Balaban J connectivity index is 1.83. The molecule has 1 saturated carbocycles. The fourth-order valence-corrected chi connectivity index (χ4v) is 3.36. The van der Waals surface area contributed by atoms with Gasteiger partial charge in [-0.3, -0.25) is 0 Å². The molecule has 0 amide bonds. The number of piperidine rings is 1. The van der Waals surface area contributed by atoms with E-state index in [4.69, 9.17) is 5.73 Å². The topological polar surface area (TPSA) is 29.3 Å². The highest BCUT2D eigenvalue weighted by molar-refractivity contribution is 5.67. The van der Waals surface area contributed by atoms with Crippen molar-refractivity contribution in [2.75, 3.05) is 17.2 Å². The van der Waals surface area contributed by atoms with Gasteiger partial charge in [0, 0.05) is 24.0 Å². The van der Waals surface area contributed by atoms with Gasteiger partial charge in [0.15, 0.2) is 0 Å². The van der Waals surface area contributed by atoms with Crippen molar-refractivity contribution in [3.63, 3.8) is 0 Å². The summed E-state index contributed by atoms with van der Waals surface area (Å²) in [6, 6.07) is 7.21. The molecule has 2 heteroatoms. The molecule has 2 N–H and O–H groups in total. The van der Waals surface area contributed by atoms with Crippen molar-refractivity contribution in [2.24, 2.45) is 11.8 Å². The summed E-state index contributed by atoms with van der Waals surface area (Å²) in [5, 5.41) is 0. The minimum absolute atomic E-state index is 0.816. The van der Waals surface area contributed by atoms with E-state index in [2.05, 4.69) is 17.0 Å². The van der Waals surface area contributed by atoms with Gasteiger partial charge in [-0.2, -0.15) is 0 Å². The first-order valence-corrected chi connectivity index (χ1v) is 5.48. The Morgan fingerprint density at radius 1 is 1.36 bits per heavy atom. The maximum Gasteiger partial charge on any atom is 0.0423 e. The van der Waals surface area contributed by atoms with E-state index in [1.54, 1.807) is 0 Å². The van der Waals surface area contributed by atoms with Gasteiger partial charge in [-0.05, 0) is 42.4 Å². The van der Waals surface area contributed by atoms with Crippen LogP contribution in [0.3, 0.4) is 0 Å². The predicted molar refractivity (Wildman–Crippen MR) is 57.3 cm³/mol. The number of anilines is 2. The molecule has 2 heterocycles. The molecule has 3 atom stereocenters. The molecule has 1 aromatic carbocycles. The molecule has 1 aromatic rings. The summed E-state index contributed by atoms with van der Waals surface area (Å²) in [6.45, 7) is 1.28. The van der Waals surface area contributed by atoms with Crippen LogP contribution in [-0.2, 0) is 6.42 Å². The molecule has 72 valence electrons. The molecule has 0 aromatic heterocycles. The van der Waals surface area contributed by atoms with Crippen molar-refractivity contribution in [2.45, 2.75) is 18.9 Å². The van der Waals surface area contributed by atoms with Crippen LogP contribution in [0, 0.1) is 11.8 Å². The Morgan fingerprint density at radius 2 is 2.29 bits per heavy atom. The molecule has 4 rings (SSSR count). The maximum atomic E-state index is 5.83. The third-order valence-electron chi connectivity index (χ3n) is 4.15. The van der Waals surface area contributed by atoms with E-state index in [0.717, 1.165) is 23.6 Å². The molecule has 2 aliphatic heterocycles. The van der Waals surface area contributed by atoms with E-state index in [1.807, 2.05) is 6.07 Å². The van der Waals surface area contributed by atoms with Gasteiger partial charge < -0.3 is 10.6 Å². The standard InChI is InChI=1S/C12H14N2/c13-9-2-1-7-4-12-10-3-8(10)6-14(12)11(7)5-9/h1-2,5,8,10,12H,3-4,6,13H2. The Bertz CT molecular complexity index is 413. The summed E-state index contributed by atoms with van der Waals surface area (Å²) in [5.41, 5.74) is 9.67. The highest BCUT2D eigenvalue weighted by atomic mass is 15.2. The van der Waals surface area contributed by atoms with Crippen LogP contribution in [0.1, 0.15) is 12.0 Å². The quantitative estimate of drug-likeness (QED) is 0.624. The lowest BCUT2D eigenvalue weighted by Gasteiger charge is -2.22. The number of nitrogens with two attached hydrogens (primary N) is 1. The molecular weight excluding hydrogens is 172 g/mol.